The van der Waals surface area contributed by atoms with Crippen LogP contribution in [0.3, 0.4) is 0 Å². The maximum atomic E-state index is 10.3. The van der Waals surface area contributed by atoms with E-state index < -0.39 is 6.10 Å². The molecule has 0 spiro atoms. The molecule has 2 rings (SSSR count). The number of aliphatic hydroxyl groups excluding tert-OH is 1. The monoisotopic (exact) mass is 399 g/mol. The van der Waals surface area contributed by atoms with Crippen molar-refractivity contribution in [3.05, 3.63) is 65.7 Å². The largest absolute Gasteiger partial charge is 0.491 e. The van der Waals surface area contributed by atoms with Gasteiger partial charge in [-0.15, -0.1) is 0 Å². The maximum absolute atomic E-state index is 10.3. The summed E-state index contributed by atoms with van der Waals surface area (Å²) < 4.78 is 5.76. The average Bonchev–Trinajstić information content (AvgIpc) is 2.74. The lowest BCUT2D eigenvalue weighted by Gasteiger charge is -2.21. The summed E-state index contributed by atoms with van der Waals surface area (Å²) in [6.45, 7) is 11.2. The molecule has 0 aromatic heterocycles. The van der Waals surface area contributed by atoms with E-state index in [-0.39, 0.29) is 0 Å². The maximum Gasteiger partial charge on any atom is 0.119 e. The molecule has 0 radical (unpaired) electrons. The van der Waals surface area contributed by atoms with Gasteiger partial charge in [0.05, 0.1) is 0 Å². The molecule has 1 unspecified atom stereocenters. The van der Waals surface area contributed by atoms with E-state index in [0.29, 0.717) is 13.2 Å². The van der Waals surface area contributed by atoms with Crippen molar-refractivity contribution in [2.75, 3.05) is 46.4 Å². The van der Waals surface area contributed by atoms with Crippen molar-refractivity contribution in [1.82, 2.24) is 15.1 Å². The van der Waals surface area contributed by atoms with Crippen molar-refractivity contribution in [2.45, 2.75) is 33.0 Å². The zero-order chi connectivity index (χ0) is 20.9. The van der Waals surface area contributed by atoms with E-state index in [1.54, 1.807) is 0 Å². The van der Waals surface area contributed by atoms with Crippen LogP contribution in [-0.4, -0.2) is 67.4 Å². The molecule has 0 fully saturated rings. The third-order valence-electron chi connectivity index (χ3n) is 5.01. The van der Waals surface area contributed by atoms with E-state index in [9.17, 15) is 5.11 Å². The standard InChI is InChI=1S/C24H37N3O2/c1-4-27(5-2)16-15-25-17-21-11-13-24(14-12-21)29-20-23(28)19-26(3)18-22-9-7-6-8-10-22/h6-14,23,25,28H,4-5,15-20H2,1-3H3. The van der Waals surface area contributed by atoms with Crippen molar-refractivity contribution in [3.63, 3.8) is 0 Å². The quantitative estimate of drug-likeness (QED) is 0.478. The number of likely N-dealkylation sites (N-methyl/N-ethyl adjacent to an activating group) is 2. The summed E-state index contributed by atoms with van der Waals surface area (Å²) in [5, 5.41) is 13.7. The molecule has 2 aromatic rings. The summed E-state index contributed by atoms with van der Waals surface area (Å²) in [6, 6.07) is 18.4. The van der Waals surface area contributed by atoms with Crippen LogP contribution in [-0.2, 0) is 13.1 Å². The molecule has 2 N–H and O–H groups in total. The summed E-state index contributed by atoms with van der Waals surface area (Å²) in [6.07, 6.45) is -0.523. The summed E-state index contributed by atoms with van der Waals surface area (Å²) in [5.74, 6) is 0.793. The topological polar surface area (TPSA) is 48.0 Å². The van der Waals surface area contributed by atoms with Crippen LogP contribution < -0.4 is 10.1 Å². The molecular weight excluding hydrogens is 362 g/mol. The Hall–Kier alpha value is -1.92. The number of benzene rings is 2. The molecule has 0 aliphatic carbocycles. The molecule has 0 aliphatic rings. The Morgan fingerprint density at radius 3 is 2.31 bits per heavy atom. The summed E-state index contributed by atoms with van der Waals surface area (Å²) in [7, 11) is 2.01. The Balaban J connectivity index is 1.64. The van der Waals surface area contributed by atoms with Crippen LogP contribution in [0.4, 0.5) is 0 Å². The second-order valence-corrected chi connectivity index (χ2v) is 7.49. The Labute approximate surface area is 176 Å². The first-order valence-electron chi connectivity index (χ1n) is 10.7. The first-order chi connectivity index (χ1) is 14.1. The number of hydrogen-bond acceptors (Lipinski definition) is 5. The molecule has 0 saturated carbocycles. The molecule has 2 aromatic carbocycles. The van der Waals surface area contributed by atoms with E-state index in [1.807, 2.05) is 37.4 Å². The smallest absolute Gasteiger partial charge is 0.119 e. The van der Waals surface area contributed by atoms with Crippen LogP contribution in [0, 0.1) is 0 Å². The van der Waals surface area contributed by atoms with Crippen LogP contribution in [0.5, 0.6) is 5.75 Å². The Kier molecular flexibility index (Phi) is 10.7. The number of ether oxygens (including phenoxy) is 1. The van der Waals surface area contributed by atoms with Gasteiger partial charge in [0, 0.05) is 32.7 Å². The number of nitrogens with zero attached hydrogens (tertiary/aromatic N) is 2. The fourth-order valence-corrected chi connectivity index (χ4v) is 3.28. The Morgan fingerprint density at radius 2 is 1.66 bits per heavy atom. The zero-order valence-electron chi connectivity index (χ0n) is 18.2. The molecular formula is C24H37N3O2. The van der Waals surface area contributed by atoms with Gasteiger partial charge in [0.15, 0.2) is 0 Å². The van der Waals surface area contributed by atoms with Crippen LogP contribution >= 0.6 is 0 Å². The third-order valence-corrected chi connectivity index (χ3v) is 5.01. The molecule has 160 valence electrons. The second-order valence-electron chi connectivity index (χ2n) is 7.49. The van der Waals surface area contributed by atoms with Gasteiger partial charge in [-0.2, -0.15) is 0 Å². The fourth-order valence-electron chi connectivity index (χ4n) is 3.28. The SMILES string of the molecule is CCN(CC)CCNCc1ccc(OCC(O)CN(C)Cc2ccccc2)cc1. The Bertz CT molecular complexity index is 660. The number of nitrogens with one attached hydrogen (secondary N) is 1. The first-order valence-corrected chi connectivity index (χ1v) is 10.7. The van der Waals surface area contributed by atoms with E-state index >= 15 is 0 Å². The highest BCUT2D eigenvalue weighted by atomic mass is 16.5. The minimum Gasteiger partial charge on any atom is -0.491 e. The van der Waals surface area contributed by atoms with Crippen molar-refractivity contribution in [1.29, 1.82) is 0 Å². The highest BCUT2D eigenvalue weighted by Gasteiger charge is 2.10. The summed E-state index contributed by atoms with van der Waals surface area (Å²) >= 11 is 0. The minimum atomic E-state index is -0.523. The van der Waals surface area contributed by atoms with Crippen molar-refractivity contribution in [2.24, 2.45) is 0 Å². The molecule has 5 heteroatoms. The van der Waals surface area contributed by atoms with E-state index in [2.05, 4.69) is 53.2 Å². The lowest BCUT2D eigenvalue weighted by Crippen LogP contribution is -2.32. The molecule has 0 saturated heterocycles. The predicted molar refractivity (Wildman–Crippen MR) is 120 cm³/mol. The lowest BCUT2D eigenvalue weighted by molar-refractivity contribution is 0.0744. The van der Waals surface area contributed by atoms with Gasteiger partial charge in [-0.05, 0) is 43.4 Å². The second kappa shape index (κ2) is 13.3. The van der Waals surface area contributed by atoms with Crippen LogP contribution in [0.25, 0.3) is 0 Å². The average molecular weight is 400 g/mol. The summed E-state index contributed by atoms with van der Waals surface area (Å²) in [4.78, 5) is 4.52. The van der Waals surface area contributed by atoms with Gasteiger partial charge in [0.25, 0.3) is 0 Å². The molecule has 0 bridgehead atoms. The van der Waals surface area contributed by atoms with Gasteiger partial charge in [0.2, 0.25) is 0 Å². The molecule has 0 aliphatic heterocycles. The van der Waals surface area contributed by atoms with Gasteiger partial charge in [-0.1, -0.05) is 56.3 Å². The third kappa shape index (κ3) is 9.41. The van der Waals surface area contributed by atoms with Crippen LogP contribution in [0.2, 0.25) is 0 Å². The van der Waals surface area contributed by atoms with E-state index in [4.69, 9.17) is 4.74 Å². The molecule has 5 nitrogen and oxygen atoms in total. The minimum absolute atomic E-state index is 0.292. The highest BCUT2D eigenvalue weighted by molar-refractivity contribution is 5.27. The number of rotatable bonds is 14. The normalized spacial score (nSPS) is 12.5. The van der Waals surface area contributed by atoms with Crippen molar-refractivity contribution < 1.29 is 9.84 Å². The van der Waals surface area contributed by atoms with Crippen LogP contribution in [0.15, 0.2) is 54.6 Å². The van der Waals surface area contributed by atoms with Gasteiger partial charge < -0.3 is 20.1 Å². The van der Waals surface area contributed by atoms with Crippen molar-refractivity contribution >= 4 is 0 Å². The fraction of sp³-hybridized carbons (Fsp3) is 0.500. The van der Waals surface area contributed by atoms with E-state index in [0.717, 1.165) is 45.0 Å². The highest BCUT2D eigenvalue weighted by Crippen LogP contribution is 2.13. The van der Waals surface area contributed by atoms with Gasteiger partial charge >= 0.3 is 0 Å². The number of aliphatic hydroxyl groups is 1. The predicted octanol–water partition coefficient (Wildman–Crippen LogP) is 2.99. The molecule has 0 amide bonds. The first kappa shape index (κ1) is 23.4. The number of hydrogen-bond donors (Lipinski definition) is 2. The van der Waals surface area contributed by atoms with Crippen LogP contribution in [0.1, 0.15) is 25.0 Å². The lowest BCUT2D eigenvalue weighted by atomic mass is 10.2. The zero-order valence-corrected chi connectivity index (χ0v) is 18.2. The Morgan fingerprint density at radius 1 is 0.966 bits per heavy atom. The van der Waals surface area contributed by atoms with E-state index in [1.165, 1.54) is 11.1 Å². The van der Waals surface area contributed by atoms with Crippen molar-refractivity contribution in [3.8, 4) is 5.75 Å². The summed E-state index contributed by atoms with van der Waals surface area (Å²) in [5.41, 5.74) is 2.48. The van der Waals surface area contributed by atoms with Gasteiger partial charge in [-0.3, -0.25) is 4.90 Å². The molecule has 0 heterocycles. The van der Waals surface area contributed by atoms with Gasteiger partial charge in [0.1, 0.15) is 18.5 Å². The van der Waals surface area contributed by atoms with Gasteiger partial charge in [-0.25, -0.2) is 0 Å². The molecule has 29 heavy (non-hydrogen) atoms. The molecule has 1 atom stereocenters.